The maximum absolute atomic E-state index is 3.83. The molecule has 1 fully saturated rings. The van der Waals surface area contributed by atoms with E-state index in [2.05, 4.69) is 43.5 Å². The Kier molecular flexibility index (Phi) is 4.42. The van der Waals surface area contributed by atoms with Gasteiger partial charge in [-0.1, -0.05) is 36.0 Å². The average Bonchev–Trinajstić information content (AvgIpc) is 3.02. The smallest absolute Gasteiger partial charge is 0.0165 e. The van der Waals surface area contributed by atoms with Gasteiger partial charge >= 0.3 is 0 Å². The van der Waals surface area contributed by atoms with Crippen LogP contribution in [0.15, 0.2) is 49.1 Å². The first-order valence-electron chi connectivity index (χ1n) is 6.91. The average molecular weight is 228 g/mol. The summed E-state index contributed by atoms with van der Waals surface area (Å²) in [5.74, 6) is 2.53. The summed E-state index contributed by atoms with van der Waals surface area (Å²) in [5.41, 5.74) is 1.69. The molecule has 2 bridgehead atoms. The van der Waals surface area contributed by atoms with Crippen LogP contribution < -0.4 is 0 Å². The minimum absolute atomic E-state index is 0.764. The maximum Gasteiger partial charge on any atom is -0.0165 e. The van der Waals surface area contributed by atoms with Crippen LogP contribution in [0.1, 0.15) is 38.5 Å². The summed E-state index contributed by atoms with van der Waals surface area (Å²) < 4.78 is 0. The lowest BCUT2D eigenvalue weighted by Gasteiger charge is -2.12. The van der Waals surface area contributed by atoms with E-state index in [0.717, 1.165) is 17.8 Å². The SMILES string of the molecule is C=CC1CC2=CCC1C2.C=CC1CC=CCC1. The third-order valence-electron chi connectivity index (χ3n) is 4.28. The Bertz CT molecular complexity index is 332. The monoisotopic (exact) mass is 228 g/mol. The van der Waals surface area contributed by atoms with Crippen LogP contribution in [0, 0.1) is 17.8 Å². The van der Waals surface area contributed by atoms with Gasteiger partial charge in [-0.2, -0.15) is 0 Å². The Labute approximate surface area is 106 Å². The van der Waals surface area contributed by atoms with Gasteiger partial charge in [0.2, 0.25) is 0 Å². The second-order valence-electron chi connectivity index (χ2n) is 5.45. The molecule has 3 atom stereocenters. The Morgan fingerprint density at radius 3 is 2.29 bits per heavy atom. The highest BCUT2D eigenvalue weighted by Crippen LogP contribution is 2.44. The summed E-state index contributed by atoms with van der Waals surface area (Å²) in [6, 6.07) is 0. The van der Waals surface area contributed by atoms with Crippen LogP contribution in [0.3, 0.4) is 0 Å². The largest absolute Gasteiger partial charge is 0.103 e. The second-order valence-corrected chi connectivity index (χ2v) is 5.45. The third-order valence-corrected chi connectivity index (χ3v) is 4.28. The van der Waals surface area contributed by atoms with E-state index >= 15 is 0 Å². The lowest BCUT2D eigenvalue weighted by atomic mass is 9.92. The molecule has 3 rings (SSSR count). The van der Waals surface area contributed by atoms with Gasteiger partial charge in [0.25, 0.3) is 0 Å². The summed E-state index contributed by atoms with van der Waals surface area (Å²) in [6.45, 7) is 7.58. The summed E-state index contributed by atoms with van der Waals surface area (Å²) in [4.78, 5) is 0. The molecule has 0 heteroatoms. The highest BCUT2D eigenvalue weighted by atomic mass is 14.4. The summed E-state index contributed by atoms with van der Waals surface area (Å²) >= 11 is 0. The summed E-state index contributed by atoms with van der Waals surface area (Å²) in [5, 5.41) is 0. The van der Waals surface area contributed by atoms with Crippen molar-refractivity contribution in [1.82, 2.24) is 0 Å². The van der Waals surface area contributed by atoms with Crippen LogP contribution in [-0.2, 0) is 0 Å². The van der Waals surface area contributed by atoms with E-state index in [1.807, 2.05) is 0 Å². The van der Waals surface area contributed by atoms with Crippen LogP contribution in [0.4, 0.5) is 0 Å². The first kappa shape index (κ1) is 12.4. The zero-order valence-electron chi connectivity index (χ0n) is 10.8. The summed E-state index contributed by atoms with van der Waals surface area (Å²) in [7, 11) is 0. The molecule has 0 aromatic heterocycles. The first-order chi connectivity index (χ1) is 8.33. The fourth-order valence-corrected chi connectivity index (χ4v) is 3.09. The minimum Gasteiger partial charge on any atom is -0.103 e. The number of rotatable bonds is 2. The fraction of sp³-hybridized carbons (Fsp3) is 0.529. The van der Waals surface area contributed by atoms with Crippen molar-refractivity contribution in [3.8, 4) is 0 Å². The van der Waals surface area contributed by atoms with Crippen LogP contribution >= 0.6 is 0 Å². The molecule has 0 nitrogen and oxygen atoms in total. The van der Waals surface area contributed by atoms with Crippen LogP contribution in [-0.4, -0.2) is 0 Å². The Morgan fingerprint density at radius 2 is 1.94 bits per heavy atom. The van der Waals surface area contributed by atoms with E-state index in [9.17, 15) is 0 Å². The number of hydrogen-bond donors (Lipinski definition) is 0. The van der Waals surface area contributed by atoms with Gasteiger partial charge in [-0.05, 0) is 56.3 Å². The lowest BCUT2D eigenvalue weighted by Crippen LogP contribution is -2.03. The van der Waals surface area contributed by atoms with E-state index in [-0.39, 0.29) is 0 Å². The number of fused-ring (bicyclic) bond motifs is 2. The Morgan fingerprint density at radius 1 is 1.06 bits per heavy atom. The first-order valence-corrected chi connectivity index (χ1v) is 6.91. The van der Waals surface area contributed by atoms with Gasteiger partial charge in [0, 0.05) is 0 Å². The molecule has 0 heterocycles. The Hall–Kier alpha value is -1.04. The van der Waals surface area contributed by atoms with Gasteiger partial charge in [0.1, 0.15) is 0 Å². The van der Waals surface area contributed by atoms with Crippen molar-refractivity contribution in [3.63, 3.8) is 0 Å². The van der Waals surface area contributed by atoms with Crippen molar-refractivity contribution in [1.29, 1.82) is 0 Å². The van der Waals surface area contributed by atoms with Crippen molar-refractivity contribution in [2.75, 3.05) is 0 Å². The van der Waals surface area contributed by atoms with Crippen molar-refractivity contribution in [2.45, 2.75) is 38.5 Å². The van der Waals surface area contributed by atoms with Gasteiger partial charge in [-0.25, -0.2) is 0 Å². The van der Waals surface area contributed by atoms with Gasteiger partial charge in [0.15, 0.2) is 0 Å². The van der Waals surface area contributed by atoms with E-state index in [1.165, 1.54) is 38.5 Å². The van der Waals surface area contributed by atoms with Crippen LogP contribution in [0.2, 0.25) is 0 Å². The summed E-state index contributed by atoms with van der Waals surface area (Å²) in [6.07, 6.45) is 18.9. The maximum atomic E-state index is 3.83. The molecule has 3 aliphatic carbocycles. The van der Waals surface area contributed by atoms with Gasteiger partial charge in [-0.3, -0.25) is 0 Å². The normalized spacial score (nSPS) is 33.6. The zero-order valence-corrected chi connectivity index (χ0v) is 10.8. The predicted octanol–water partition coefficient (Wildman–Crippen LogP) is 5.06. The molecule has 0 aromatic rings. The second kappa shape index (κ2) is 6.05. The molecule has 0 amide bonds. The van der Waals surface area contributed by atoms with Crippen molar-refractivity contribution >= 4 is 0 Å². The molecule has 0 aromatic carbocycles. The number of hydrogen-bond acceptors (Lipinski definition) is 0. The predicted molar refractivity (Wildman–Crippen MR) is 75.8 cm³/mol. The van der Waals surface area contributed by atoms with Gasteiger partial charge in [-0.15, -0.1) is 13.2 Å². The molecule has 92 valence electrons. The van der Waals surface area contributed by atoms with E-state index in [1.54, 1.807) is 5.57 Å². The molecule has 0 radical (unpaired) electrons. The fourth-order valence-electron chi connectivity index (χ4n) is 3.09. The van der Waals surface area contributed by atoms with E-state index in [0.29, 0.717) is 0 Å². The third kappa shape index (κ3) is 3.21. The van der Waals surface area contributed by atoms with E-state index in [4.69, 9.17) is 0 Å². The van der Waals surface area contributed by atoms with Crippen molar-refractivity contribution in [2.24, 2.45) is 17.8 Å². The topological polar surface area (TPSA) is 0 Å². The number of allylic oxidation sites excluding steroid dienone is 6. The molecule has 3 unspecified atom stereocenters. The highest BCUT2D eigenvalue weighted by Gasteiger charge is 2.31. The zero-order chi connectivity index (χ0) is 12.1. The molecule has 3 aliphatic rings. The molecule has 17 heavy (non-hydrogen) atoms. The van der Waals surface area contributed by atoms with Gasteiger partial charge < -0.3 is 0 Å². The molecule has 0 spiro atoms. The molecule has 0 aliphatic heterocycles. The molecular weight excluding hydrogens is 204 g/mol. The van der Waals surface area contributed by atoms with Crippen LogP contribution in [0.5, 0.6) is 0 Å². The van der Waals surface area contributed by atoms with Crippen molar-refractivity contribution < 1.29 is 0 Å². The lowest BCUT2D eigenvalue weighted by molar-refractivity contribution is 0.468. The van der Waals surface area contributed by atoms with Crippen molar-refractivity contribution in [3.05, 3.63) is 49.1 Å². The van der Waals surface area contributed by atoms with Gasteiger partial charge in [0.05, 0.1) is 0 Å². The Balaban J connectivity index is 0.000000128. The minimum atomic E-state index is 0.764. The molecule has 0 saturated heterocycles. The molecule has 0 N–H and O–H groups in total. The molecule has 1 saturated carbocycles. The van der Waals surface area contributed by atoms with Crippen LogP contribution in [0.25, 0.3) is 0 Å². The highest BCUT2D eigenvalue weighted by molar-refractivity contribution is 5.20. The molecular formula is C17H24. The quantitative estimate of drug-likeness (QED) is 0.580. The standard InChI is InChI=1S/C9H12.C8H12/c1-2-8-5-7-3-4-9(8)6-7;1-2-8-6-4-3-5-7-8/h2-3,8-9H,1,4-6H2;2-4,8H,1,5-7H2. The van der Waals surface area contributed by atoms with E-state index < -0.39 is 0 Å².